The van der Waals surface area contributed by atoms with E-state index >= 15 is 0 Å². The molecule has 0 aliphatic carbocycles. The van der Waals surface area contributed by atoms with Crippen LogP contribution in [0.2, 0.25) is 0 Å². The monoisotopic (exact) mass is 287 g/mol. The summed E-state index contributed by atoms with van der Waals surface area (Å²) in [6, 6.07) is 5.82. The SMILES string of the molecule is COc1nc(C)nc(NCCCNc2ccccn2)c1C. The van der Waals surface area contributed by atoms with Crippen LogP contribution in [0.15, 0.2) is 24.4 Å². The molecule has 0 aliphatic heterocycles. The van der Waals surface area contributed by atoms with Crippen LogP contribution >= 0.6 is 0 Å². The summed E-state index contributed by atoms with van der Waals surface area (Å²) in [4.78, 5) is 12.9. The molecular formula is C15H21N5O. The molecule has 0 radical (unpaired) electrons. The maximum atomic E-state index is 5.24. The minimum atomic E-state index is 0.622. The third-order valence-electron chi connectivity index (χ3n) is 3.02. The zero-order chi connectivity index (χ0) is 15.1. The van der Waals surface area contributed by atoms with Crippen molar-refractivity contribution in [1.29, 1.82) is 0 Å². The van der Waals surface area contributed by atoms with Gasteiger partial charge in [0.15, 0.2) is 0 Å². The largest absolute Gasteiger partial charge is 0.481 e. The molecule has 0 aliphatic rings. The number of hydrogen-bond acceptors (Lipinski definition) is 6. The standard InChI is InChI=1S/C15H21N5O/c1-11-14(19-12(2)20-15(11)21-3)18-10-6-9-17-13-7-4-5-8-16-13/h4-5,7-8H,6,9-10H2,1-3H3,(H,16,17)(H,18,19,20). The van der Waals surface area contributed by atoms with E-state index in [0.29, 0.717) is 11.7 Å². The molecule has 6 nitrogen and oxygen atoms in total. The summed E-state index contributed by atoms with van der Waals surface area (Å²) < 4.78 is 5.24. The molecule has 21 heavy (non-hydrogen) atoms. The van der Waals surface area contributed by atoms with Crippen LogP contribution in [0.25, 0.3) is 0 Å². The molecule has 0 unspecified atom stereocenters. The van der Waals surface area contributed by atoms with Crippen molar-refractivity contribution in [2.75, 3.05) is 30.8 Å². The summed E-state index contributed by atoms with van der Waals surface area (Å²) in [7, 11) is 1.62. The Bertz CT molecular complexity index is 574. The molecule has 0 atom stereocenters. The zero-order valence-corrected chi connectivity index (χ0v) is 12.7. The number of nitrogens with zero attached hydrogens (tertiary/aromatic N) is 3. The van der Waals surface area contributed by atoms with Gasteiger partial charge >= 0.3 is 0 Å². The van der Waals surface area contributed by atoms with Gasteiger partial charge in [0.1, 0.15) is 17.5 Å². The Labute approximate surface area is 125 Å². The lowest BCUT2D eigenvalue weighted by Crippen LogP contribution is -2.12. The van der Waals surface area contributed by atoms with Gasteiger partial charge in [-0.1, -0.05) is 6.07 Å². The molecule has 2 aromatic heterocycles. The van der Waals surface area contributed by atoms with E-state index in [0.717, 1.165) is 36.7 Å². The average Bonchev–Trinajstić information content (AvgIpc) is 2.51. The highest BCUT2D eigenvalue weighted by atomic mass is 16.5. The highest BCUT2D eigenvalue weighted by molar-refractivity contribution is 5.48. The van der Waals surface area contributed by atoms with Crippen LogP contribution in [-0.2, 0) is 0 Å². The Morgan fingerprint density at radius 2 is 1.90 bits per heavy atom. The van der Waals surface area contributed by atoms with E-state index in [1.807, 2.05) is 32.0 Å². The van der Waals surface area contributed by atoms with E-state index in [1.54, 1.807) is 13.3 Å². The molecule has 6 heteroatoms. The minimum Gasteiger partial charge on any atom is -0.481 e. The second kappa shape index (κ2) is 7.42. The summed E-state index contributed by atoms with van der Waals surface area (Å²) in [6.07, 6.45) is 2.74. The van der Waals surface area contributed by atoms with Crippen molar-refractivity contribution in [2.45, 2.75) is 20.3 Å². The molecule has 0 aromatic carbocycles. The Kier molecular flexibility index (Phi) is 5.31. The number of hydrogen-bond donors (Lipinski definition) is 2. The first-order valence-electron chi connectivity index (χ1n) is 6.98. The van der Waals surface area contributed by atoms with E-state index in [4.69, 9.17) is 4.74 Å². The van der Waals surface area contributed by atoms with E-state index in [-0.39, 0.29) is 0 Å². The van der Waals surface area contributed by atoms with Crippen molar-refractivity contribution in [3.63, 3.8) is 0 Å². The van der Waals surface area contributed by atoms with E-state index in [1.165, 1.54) is 0 Å². The van der Waals surface area contributed by atoms with Gasteiger partial charge in [-0.2, -0.15) is 4.98 Å². The number of aromatic nitrogens is 3. The Balaban J connectivity index is 1.80. The number of ether oxygens (including phenoxy) is 1. The maximum Gasteiger partial charge on any atom is 0.221 e. The molecular weight excluding hydrogens is 266 g/mol. The molecule has 0 saturated heterocycles. The lowest BCUT2D eigenvalue weighted by atomic mass is 10.3. The fraction of sp³-hybridized carbons (Fsp3) is 0.400. The van der Waals surface area contributed by atoms with Gasteiger partial charge in [0.2, 0.25) is 5.88 Å². The molecule has 0 saturated carbocycles. The van der Waals surface area contributed by atoms with Gasteiger partial charge < -0.3 is 15.4 Å². The van der Waals surface area contributed by atoms with Gasteiger partial charge in [-0.3, -0.25) is 0 Å². The molecule has 2 rings (SSSR count). The lowest BCUT2D eigenvalue weighted by Gasteiger charge is -2.12. The second-order valence-corrected chi connectivity index (χ2v) is 4.68. The first-order chi connectivity index (χ1) is 10.2. The van der Waals surface area contributed by atoms with Crippen LogP contribution < -0.4 is 15.4 Å². The molecule has 0 bridgehead atoms. The maximum absolute atomic E-state index is 5.24. The van der Waals surface area contributed by atoms with Crippen molar-refractivity contribution in [1.82, 2.24) is 15.0 Å². The topological polar surface area (TPSA) is 72.0 Å². The van der Waals surface area contributed by atoms with Gasteiger partial charge in [0.05, 0.1) is 12.7 Å². The summed E-state index contributed by atoms with van der Waals surface area (Å²) in [6.45, 7) is 5.48. The number of methoxy groups -OCH3 is 1. The van der Waals surface area contributed by atoms with Crippen LogP contribution in [0, 0.1) is 13.8 Å². The summed E-state index contributed by atoms with van der Waals surface area (Å²) >= 11 is 0. The summed E-state index contributed by atoms with van der Waals surface area (Å²) in [5.74, 6) is 3.05. The van der Waals surface area contributed by atoms with Gasteiger partial charge in [-0.25, -0.2) is 9.97 Å². The fourth-order valence-electron chi connectivity index (χ4n) is 1.95. The smallest absolute Gasteiger partial charge is 0.221 e. The highest BCUT2D eigenvalue weighted by Crippen LogP contribution is 2.21. The fourth-order valence-corrected chi connectivity index (χ4v) is 1.95. The number of pyridine rings is 1. The first kappa shape index (κ1) is 15.0. The first-order valence-corrected chi connectivity index (χ1v) is 6.98. The van der Waals surface area contributed by atoms with Gasteiger partial charge in [0.25, 0.3) is 0 Å². The molecule has 112 valence electrons. The van der Waals surface area contributed by atoms with Crippen LogP contribution in [0.3, 0.4) is 0 Å². The number of anilines is 2. The van der Waals surface area contributed by atoms with E-state index in [9.17, 15) is 0 Å². The van der Waals surface area contributed by atoms with Crippen LogP contribution in [0.5, 0.6) is 5.88 Å². The number of nitrogens with one attached hydrogen (secondary N) is 2. The van der Waals surface area contributed by atoms with E-state index in [2.05, 4.69) is 25.6 Å². The van der Waals surface area contributed by atoms with Crippen molar-refractivity contribution in [3.8, 4) is 5.88 Å². The molecule has 0 fully saturated rings. The normalized spacial score (nSPS) is 10.2. The Morgan fingerprint density at radius 1 is 1.10 bits per heavy atom. The molecule has 0 spiro atoms. The Morgan fingerprint density at radius 3 is 2.62 bits per heavy atom. The number of rotatable bonds is 7. The van der Waals surface area contributed by atoms with E-state index < -0.39 is 0 Å². The third-order valence-corrected chi connectivity index (χ3v) is 3.02. The predicted octanol–water partition coefficient (Wildman–Crippen LogP) is 2.41. The van der Waals surface area contributed by atoms with Crippen LogP contribution in [0.1, 0.15) is 17.8 Å². The van der Waals surface area contributed by atoms with Crippen molar-refractivity contribution in [2.24, 2.45) is 0 Å². The van der Waals surface area contributed by atoms with Crippen molar-refractivity contribution < 1.29 is 4.74 Å². The molecule has 2 aromatic rings. The van der Waals surface area contributed by atoms with Gasteiger partial charge in [0, 0.05) is 19.3 Å². The number of aryl methyl sites for hydroxylation is 1. The van der Waals surface area contributed by atoms with Crippen molar-refractivity contribution in [3.05, 3.63) is 35.8 Å². The van der Waals surface area contributed by atoms with Crippen molar-refractivity contribution >= 4 is 11.6 Å². The van der Waals surface area contributed by atoms with Crippen LogP contribution in [0.4, 0.5) is 11.6 Å². The molecule has 2 N–H and O–H groups in total. The molecule has 0 amide bonds. The zero-order valence-electron chi connectivity index (χ0n) is 12.7. The third kappa shape index (κ3) is 4.30. The molecule has 2 heterocycles. The predicted molar refractivity (Wildman–Crippen MR) is 83.9 cm³/mol. The minimum absolute atomic E-state index is 0.622. The van der Waals surface area contributed by atoms with Gasteiger partial charge in [-0.15, -0.1) is 0 Å². The van der Waals surface area contributed by atoms with Crippen LogP contribution in [-0.4, -0.2) is 35.2 Å². The summed E-state index contributed by atoms with van der Waals surface area (Å²) in [5.41, 5.74) is 0.931. The highest BCUT2D eigenvalue weighted by Gasteiger charge is 2.08. The Hall–Kier alpha value is -2.37. The quantitative estimate of drug-likeness (QED) is 0.762. The second-order valence-electron chi connectivity index (χ2n) is 4.68. The average molecular weight is 287 g/mol. The summed E-state index contributed by atoms with van der Waals surface area (Å²) in [5, 5.41) is 6.59. The lowest BCUT2D eigenvalue weighted by molar-refractivity contribution is 0.392. The van der Waals surface area contributed by atoms with Gasteiger partial charge in [-0.05, 0) is 32.4 Å².